The van der Waals surface area contributed by atoms with Crippen molar-refractivity contribution in [2.75, 3.05) is 7.11 Å². The number of aromatic nitrogens is 1. The summed E-state index contributed by atoms with van der Waals surface area (Å²) in [5, 5.41) is 0.618. The van der Waals surface area contributed by atoms with E-state index in [9.17, 15) is 13.2 Å². The van der Waals surface area contributed by atoms with Gasteiger partial charge in [0.25, 0.3) is 10.0 Å². The van der Waals surface area contributed by atoms with Gasteiger partial charge in [0.15, 0.2) is 0 Å². The topological polar surface area (TPSA) is 65.4 Å². The molecular formula is C16H12BrNO4S. The van der Waals surface area contributed by atoms with Crippen molar-refractivity contribution in [1.29, 1.82) is 0 Å². The highest BCUT2D eigenvalue weighted by atomic mass is 79.9. The molecule has 5 nitrogen and oxygen atoms in total. The van der Waals surface area contributed by atoms with Gasteiger partial charge in [-0.05, 0) is 46.3 Å². The van der Waals surface area contributed by atoms with Gasteiger partial charge < -0.3 is 4.74 Å². The van der Waals surface area contributed by atoms with E-state index in [0.717, 1.165) is 0 Å². The third-order valence-electron chi connectivity index (χ3n) is 3.44. The van der Waals surface area contributed by atoms with Crippen LogP contribution in [-0.2, 0) is 14.8 Å². The van der Waals surface area contributed by atoms with Gasteiger partial charge >= 0.3 is 5.97 Å². The molecule has 7 heteroatoms. The molecule has 0 fully saturated rings. The molecule has 1 heterocycles. The number of nitrogens with zero attached hydrogens (tertiary/aromatic N) is 1. The van der Waals surface area contributed by atoms with E-state index < -0.39 is 16.0 Å². The maximum Gasteiger partial charge on any atom is 0.337 e. The SMILES string of the molecule is COC(=O)c1ccc2c(c1)c(Br)cn2S(=O)(=O)c1ccccc1. The molecule has 23 heavy (non-hydrogen) atoms. The van der Waals surface area contributed by atoms with Crippen molar-refractivity contribution in [3.63, 3.8) is 0 Å². The van der Waals surface area contributed by atoms with Crippen LogP contribution in [0.5, 0.6) is 0 Å². The number of benzene rings is 2. The number of carbonyl (C=O) groups excluding carboxylic acids is 1. The lowest BCUT2D eigenvalue weighted by Gasteiger charge is -2.07. The third kappa shape index (κ3) is 2.66. The first-order valence-corrected chi connectivity index (χ1v) is 8.88. The number of rotatable bonds is 3. The number of hydrogen-bond donors (Lipinski definition) is 0. The maximum atomic E-state index is 12.8. The average molecular weight is 394 g/mol. The zero-order valence-electron chi connectivity index (χ0n) is 12.1. The van der Waals surface area contributed by atoms with Crippen LogP contribution in [0.4, 0.5) is 0 Å². The van der Waals surface area contributed by atoms with E-state index in [1.54, 1.807) is 30.3 Å². The van der Waals surface area contributed by atoms with Crippen molar-refractivity contribution in [3.05, 3.63) is 64.8 Å². The molecule has 2 aromatic carbocycles. The average Bonchev–Trinajstić information content (AvgIpc) is 2.92. The Morgan fingerprint density at radius 3 is 2.48 bits per heavy atom. The van der Waals surface area contributed by atoms with Crippen molar-refractivity contribution in [1.82, 2.24) is 3.97 Å². The highest BCUT2D eigenvalue weighted by Gasteiger charge is 2.21. The maximum absolute atomic E-state index is 12.8. The van der Waals surface area contributed by atoms with E-state index in [2.05, 4.69) is 20.7 Å². The monoisotopic (exact) mass is 393 g/mol. The van der Waals surface area contributed by atoms with Gasteiger partial charge in [0.05, 0.1) is 23.1 Å². The van der Waals surface area contributed by atoms with E-state index in [1.807, 2.05) is 0 Å². The van der Waals surface area contributed by atoms with Crippen molar-refractivity contribution < 1.29 is 17.9 Å². The highest BCUT2D eigenvalue weighted by Crippen LogP contribution is 2.30. The molecule has 0 aliphatic rings. The van der Waals surface area contributed by atoms with E-state index in [0.29, 0.717) is 20.9 Å². The smallest absolute Gasteiger partial charge is 0.337 e. The molecule has 0 spiro atoms. The summed E-state index contributed by atoms with van der Waals surface area (Å²) in [5.41, 5.74) is 0.837. The van der Waals surface area contributed by atoms with Crippen molar-refractivity contribution in [2.24, 2.45) is 0 Å². The van der Waals surface area contributed by atoms with Crippen LogP contribution in [0.3, 0.4) is 0 Å². The van der Waals surface area contributed by atoms with E-state index in [1.165, 1.54) is 35.5 Å². The Hall–Kier alpha value is -2.12. The molecule has 0 saturated heterocycles. The summed E-state index contributed by atoms with van der Waals surface area (Å²) in [4.78, 5) is 11.8. The van der Waals surface area contributed by atoms with E-state index >= 15 is 0 Å². The second kappa shape index (κ2) is 5.82. The van der Waals surface area contributed by atoms with Crippen molar-refractivity contribution in [2.45, 2.75) is 4.90 Å². The molecule has 0 aliphatic heterocycles. The molecule has 0 amide bonds. The lowest BCUT2D eigenvalue weighted by molar-refractivity contribution is 0.0601. The molecular weight excluding hydrogens is 382 g/mol. The minimum absolute atomic E-state index is 0.196. The fourth-order valence-electron chi connectivity index (χ4n) is 2.31. The molecule has 0 N–H and O–H groups in total. The number of esters is 1. The fraction of sp³-hybridized carbons (Fsp3) is 0.0625. The number of ether oxygens (including phenoxy) is 1. The van der Waals surface area contributed by atoms with Crippen LogP contribution in [0.1, 0.15) is 10.4 Å². The predicted octanol–water partition coefficient (Wildman–Crippen LogP) is 3.43. The first-order valence-electron chi connectivity index (χ1n) is 6.64. The Morgan fingerprint density at radius 1 is 1.13 bits per heavy atom. The van der Waals surface area contributed by atoms with Crippen LogP contribution in [0.25, 0.3) is 10.9 Å². The largest absolute Gasteiger partial charge is 0.465 e. The summed E-state index contributed by atoms with van der Waals surface area (Å²) in [6, 6.07) is 12.9. The molecule has 0 atom stereocenters. The molecule has 118 valence electrons. The van der Waals surface area contributed by atoms with Gasteiger partial charge in [0.2, 0.25) is 0 Å². The van der Waals surface area contributed by atoms with Crippen LogP contribution in [0, 0.1) is 0 Å². The van der Waals surface area contributed by atoms with Crippen LogP contribution >= 0.6 is 15.9 Å². The lowest BCUT2D eigenvalue weighted by Crippen LogP contribution is -2.11. The fourth-order valence-corrected chi connectivity index (χ4v) is 4.36. The number of carbonyl (C=O) groups is 1. The second-order valence-electron chi connectivity index (χ2n) is 4.81. The standard InChI is InChI=1S/C16H12BrNO4S/c1-22-16(19)11-7-8-15-13(9-11)14(17)10-18(15)23(20,21)12-5-3-2-4-6-12/h2-10H,1H3. The summed E-state index contributed by atoms with van der Waals surface area (Å²) >= 11 is 3.35. The van der Waals surface area contributed by atoms with Gasteiger partial charge in [-0.2, -0.15) is 0 Å². The molecule has 0 bridgehead atoms. The number of hydrogen-bond acceptors (Lipinski definition) is 4. The van der Waals surface area contributed by atoms with Gasteiger partial charge in [0.1, 0.15) is 0 Å². The molecule has 3 aromatic rings. The molecule has 1 aromatic heterocycles. The zero-order chi connectivity index (χ0) is 16.6. The third-order valence-corrected chi connectivity index (χ3v) is 5.76. The molecule has 0 saturated carbocycles. The quantitative estimate of drug-likeness (QED) is 0.639. The molecule has 0 aliphatic carbocycles. The summed E-state index contributed by atoms with van der Waals surface area (Å²) < 4.78 is 32.0. The van der Waals surface area contributed by atoms with Crippen LogP contribution < -0.4 is 0 Å². The van der Waals surface area contributed by atoms with Crippen LogP contribution in [0.2, 0.25) is 0 Å². The Bertz CT molecular complexity index is 994. The molecule has 3 rings (SSSR count). The Balaban J connectivity index is 2.22. The normalized spacial score (nSPS) is 11.6. The first kappa shape index (κ1) is 15.8. The number of fused-ring (bicyclic) bond motifs is 1. The predicted molar refractivity (Wildman–Crippen MR) is 90.0 cm³/mol. The molecule has 0 radical (unpaired) electrons. The minimum Gasteiger partial charge on any atom is -0.465 e. The van der Waals surface area contributed by atoms with Crippen molar-refractivity contribution in [3.8, 4) is 0 Å². The van der Waals surface area contributed by atoms with Gasteiger partial charge in [-0.25, -0.2) is 17.2 Å². The summed E-state index contributed by atoms with van der Waals surface area (Å²) in [6.45, 7) is 0. The Labute approximate surface area is 141 Å². The number of methoxy groups -OCH3 is 1. The molecule has 0 unspecified atom stereocenters. The van der Waals surface area contributed by atoms with Crippen LogP contribution in [0.15, 0.2) is 64.1 Å². The Kier molecular flexibility index (Phi) is 3.99. The van der Waals surface area contributed by atoms with Gasteiger partial charge in [-0.15, -0.1) is 0 Å². The number of halogens is 1. The highest BCUT2D eigenvalue weighted by molar-refractivity contribution is 9.10. The first-order chi connectivity index (χ1) is 10.9. The second-order valence-corrected chi connectivity index (χ2v) is 7.48. The van der Waals surface area contributed by atoms with E-state index in [4.69, 9.17) is 0 Å². The summed E-state index contributed by atoms with van der Waals surface area (Å²) in [7, 11) is -2.41. The van der Waals surface area contributed by atoms with Gasteiger partial charge in [0, 0.05) is 16.1 Å². The van der Waals surface area contributed by atoms with E-state index in [-0.39, 0.29) is 4.90 Å². The summed E-state index contributed by atoms with van der Waals surface area (Å²) in [6.07, 6.45) is 1.48. The Morgan fingerprint density at radius 2 is 1.83 bits per heavy atom. The zero-order valence-corrected chi connectivity index (χ0v) is 14.5. The van der Waals surface area contributed by atoms with Gasteiger partial charge in [-0.3, -0.25) is 0 Å². The van der Waals surface area contributed by atoms with Crippen LogP contribution in [-0.4, -0.2) is 25.5 Å². The minimum atomic E-state index is -3.71. The van der Waals surface area contributed by atoms with Gasteiger partial charge in [-0.1, -0.05) is 18.2 Å². The summed E-state index contributed by atoms with van der Waals surface area (Å²) in [5.74, 6) is -0.475. The van der Waals surface area contributed by atoms with Crippen molar-refractivity contribution >= 4 is 42.8 Å². The lowest BCUT2D eigenvalue weighted by atomic mass is 10.1.